The van der Waals surface area contributed by atoms with Crippen LogP contribution in [-0.2, 0) is 19.6 Å². The zero-order chi connectivity index (χ0) is 19.3. The number of para-hydroxylation sites is 1. The highest BCUT2D eigenvalue weighted by atomic mass is 32.2. The number of carbonyl (C=O) groups is 1. The molecule has 0 aromatic heterocycles. The number of hydrogen-bond acceptors (Lipinski definition) is 5. The highest BCUT2D eigenvalue weighted by molar-refractivity contribution is 7.89. The summed E-state index contributed by atoms with van der Waals surface area (Å²) in [4.78, 5) is 12.4. The maximum Gasteiger partial charge on any atom is 0.243 e. The van der Waals surface area contributed by atoms with Gasteiger partial charge in [0.1, 0.15) is 0 Å². The monoisotopic (exact) mass is 389 g/mol. The average Bonchev–Trinajstić information content (AvgIpc) is 2.69. The molecule has 8 heteroatoms. The van der Waals surface area contributed by atoms with Gasteiger partial charge in [-0.3, -0.25) is 4.79 Å². The summed E-state index contributed by atoms with van der Waals surface area (Å²) in [5, 5.41) is 5.82. The number of aryl methyl sites for hydroxylation is 1. The molecule has 2 aromatic carbocycles. The lowest BCUT2D eigenvalue weighted by Crippen LogP contribution is -2.40. The zero-order valence-electron chi connectivity index (χ0n) is 15.1. The molecule has 0 saturated carbocycles. The van der Waals surface area contributed by atoms with E-state index in [0.29, 0.717) is 32.0 Å². The van der Waals surface area contributed by atoms with Gasteiger partial charge in [0.05, 0.1) is 24.7 Å². The van der Waals surface area contributed by atoms with E-state index in [1.54, 1.807) is 12.1 Å². The SMILES string of the molecule is Cc1ccc(S(=O)(=O)N2CCOCC2)cc1NC(=O)CNc1ccccc1. The molecule has 1 saturated heterocycles. The second kappa shape index (κ2) is 8.51. The molecule has 0 unspecified atom stereocenters. The Kier molecular flexibility index (Phi) is 6.10. The van der Waals surface area contributed by atoms with Gasteiger partial charge in [0.25, 0.3) is 0 Å². The van der Waals surface area contributed by atoms with E-state index in [4.69, 9.17) is 4.74 Å². The van der Waals surface area contributed by atoms with Crippen molar-refractivity contribution in [3.05, 3.63) is 54.1 Å². The average molecular weight is 389 g/mol. The molecule has 27 heavy (non-hydrogen) atoms. The van der Waals surface area contributed by atoms with Crippen LogP contribution in [0, 0.1) is 6.92 Å². The fourth-order valence-corrected chi connectivity index (χ4v) is 4.20. The highest BCUT2D eigenvalue weighted by Gasteiger charge is 2.26. The Morgan fingerprint density at radius 3 is 2.52 bits per heavy atom. The van der Waals surface area contributed by atoms with Gasteiger partial charge in [-0.1, -0.05) is 24.3 Å². The molecule has 3 rings (SSSR count). The van der Waals surface area contributed by atoms with Crippen LogP contribution < -0.4 is 10.6 Å². The molecule has 0 aliphatic carbocycles. The van der Waals surface area contributed by atoms with E-state index in [1.165, 1.54) is 10.4 Å². The summed E-state index contributed by atoms with van der Waals surface area (Å²) in [5.41, 5.74) is 2.13. The lowest BCUT2D eigenvalue weighted by Gasteiger charge is -2.26. The smallest absolute Gasteiger partial charge is 0.243 e. The van der Waals surface area contributed by atoms with E-state index < -0.39 is 10.0 Å². The topological polar surface area (TPSA) is 87.7 Å². The number of sulfonamides is 1. The third-order valence-corrected chi connectivity index (χ3v) is 6.21. The van der Waals surface area contributed by atoms with Gasteiger partial charge in [0, 0.05) is 24.5 Å². The second-order valence-electron chi connectivity index (χ2n) is 6.26. The van der Waals surface area contributed by atoms with Crippen molar-refractivity contribution < 1.29 is 17.9 Å². The molecule has 2 N–H and O–H groups in total. The Labute approximate surface area is 159 Å². The quantitative estimate of drug-likeness (QED) is 0.790. The van der Waals surface area contributed by atoms with Gasteiger partial charge in [-0.15, -0.1) is 0 Å². The fourth-order valence-electron chi connectivity index (χ4n) is 2.77. The van der Waals surface area contributed by atoms with Crippen LogP contribution in [0.5, 0.6) is 0 Å². The molecule has 1 amide bonds. The molecule has 0 atom stereocenters. The predicted octanol–water partition coefficient (Wildman–Crippen LogP) is 2.07. The molecule has 1 aliphatic rings. The first-order valence-corrected chi connectivity index (χ1v) is 10.2. The Bertz CT molecular complexity index is 894. The molecule has 1 fully saturated rings. The van der Waals surface area contributed by atoms with E-state index >= 15 is 0 Å². The number of morpholine rings is 1. The number of ether oxygens (including phenoxy) is 1. The summed E-state index contributed by atoms with van der Waals surface area (Å²) >= 11 is 0. The van der Waals surface area contributed by atoms with Gasteiger partial charge in [-0.25, -0.2) is 8.42 Å². The van der Waals surface area contributed by atoms with Gasteiger partial charge < -0.3 is 15.4 Å². The predicted molar refractivity (Wildman–Crippen MR) is 104 cm³/mol. The van der Waals surface area contributed by atoms with Crippen LogP contribution in [-0.4, -0.2) is 51.5 Å². The third kappa shape index (κ3) is 4.85. The third-order valence-electron chi connectivity index (χ3n) is 4.32. The minimum Gasteiger partial charge on any atom is -0.379 e. The Morgan fingerprint density at radius 2 is 1.81 bits per heavy atom. The van der Waals surface area contributed by atoms with Crippen LogP contribution in [0.25, 0.3) is 0 Å². The van der Waals surface area contributed by atoms with Crippen molar-refractivity contribution in [1.82, 2.24) is 4.31 Å². The van der Waals surface area contributed by atoms with Gasteiger partial charge in [0.2, 0.25) is 15.9 Å². The van der Waals surface area contributed by atoms with Crippen molar-refractivity contribution in [2.45, 2.75) is 11.8 Å². The van der Waals surface area contributed by atoms with E-state index in [2.05, 4.69) is 10.6 Å². The van der Waals surface area contributed by atoms with Crippen LogP contribution in [0.1, 0.15) is 5.56 Å². The van der Waals surface area contributed by atoms with Crippen molar-refractivity contribution in [3.63, 3.8) is 0 Å². The molecular formula is C19H23N3O4S. The number of benzene rings is 2. The molecule has 144 valence electrons. The summed E-state index contributed by atoms with van der Waals surface area (Å²) < 4.78 is 32.2. The van der Waals surface area contributed by atoms with Crippen LogP contribution in [0.3, 0.4) is 0 Å². The summed E-state index contributed by atoms with van der Waals surface area (Å²) in [7, 11) is -3.61. The maximum absolute atomic E-state index is 12.8. The van der Waals surface area contributed by atoms with Crippen molar-refractivity contribution in [2.75, 3.05) is 43.5 Å². The van der Waals surface area contributed by atoms with E-state index in [-0.39, 0.29) is 17.3 Å². The van der Waals surface area contributed by atoms with Crippen LogP contribution in [0.15, 0.2) is 53.4 Å². The maximum atomic E-state index is 12.8. The highest BCUT2D eigenvalue weighted by Crippen LogP contribution is 2.23. The molecule has 0 spiro atoms. The number of nitrogens with zero attached hydrogens (tertiary/aromatic N) is 1. The Balaban J connectivity index is 1.70. The standard InChI is InChI=1S/C19H23N3O4S/c1-15-7-8-17(27(24,25)22-9-11-26-12-10-22)13-18(15)21-19(23)14-20-16-5-3-2-4-6-16/h2-8,13,20H,9-12,14H2,1H3,(H,21,23). The number of carbonyl (C=O) groups excluding carboxylic acids is 1. The zero-order valence-corrected chi connectivity index (χ0v) is 16.0. The lowest BCUT2D eigenvalue weighted by atomic mass is 10.2. The Hall–Kier alpha value is -2.42. The lowest BCUT2D eigenvalue weighted by molar-refractivity contribution is -0.114. The summed E-state index contributed by atoms with van der Waals surface area (Å²) in [6, 6.07) is 14.2. The number of hydrogen-bond donors (Lipinski definition) is 2. The first-order chi connectivity index (χ1) is 13.0. The van der Waals surface area contributed by atoms with Gasteiger partial charge in [-0.05, 0) is 36.8 Å². The molecular weight excluding hydrogens is 366 g/mol. The van der Waals surface area contributed by atoms with Crippen molar-refractivity contribution in [3.8, 4) is 0 Å². The summed E-state index contributed by atoms with van der Waals surface area (Å²) in [6.07, 6.45) is 0. The van der Waals surface area contributed by atoms with E-state index in [0.717, 1.165) is 11.3 Å². The second-order valence-corrected chi connectivity index (χ2v) is 8.20. The van der Waals surface area contributed by atoms with Crippen molar-refractivity contribution >= 4 is 27.3 Å². The van der Waals surface area contributed by atoms with E-state index in [1.807, 2.05) is 37.3 Å². The number of nitrogens with one attached hydrogen (secondary N) is 2. The first kappa shape index (κ1) is 19.3. The molecule has 2 aromatic rings. The van der Waals surface area contributed by atoms with Crippen molar-refractivity contribution in [1.29, 1.82) is 0 Å². The van der Waals surface area contributed by atoms with Crippen LogP contribution in [0.2, 0.25) is 0 Å². The normalized spacial score (nSPS) is 15.3. The van der Waals surface area contributed by atoms with Gasteiger partial charge in [-0.2, -0.15) is 4.31 Å². The number of amides is 1. The van der Waals surface area contributed by atoms with Crippen LogP contribution >= 0.6 is 0 Å². The summed E-state index contributed by atoms with van der Waals surface area (Å²) in [6.45, 7) is 3.35. The van der Waals surface area contributed by atoms with Crippen LogP contribution in [0.4, 0.5) is 11.4 Å². The fraction of sp³-hybridized carbons (Fsp3) is 0.316. The van der Waals surface area contributed by atoms with Crippen molar-refractivity contribution in [2.24, 2.45) is 0 Å². The van der Waals surface area contributed by atoms with Gasteiger partial charge >= 0.3 is 0 Å². The summed E-state index contributed by atoms with van der Waals surface area (Å²) in [5.74, 6) is -0.247. The number of anilines is 2. The first-order valence-electron chi connectivity index (χ1n) is 8.74. The van der Waals surface area contributed by atoms with E-state index in [9.17, 15) is 13.2 Å². The molecule has 7 nitrogen and oxygen atoms in total. The minimum atomic E-state index is -3.61. The minimum absolute atomic E-state index is 0.0872. The molecule has 0 radical (unpaired) electrons. The van der Waals surface area contributed by atoms with Gasteiger partial charge in [0.15, 0.2) is 0 Å². The number of rotatable bonds is 6. The molecule has 0 bridgehead atoms. The molecule has 1 heterocycles. The molecule has 1 aliphatic heterocycles. The largest absolute Gasteiger partial charge is 0.379 e. The Morgan fingerprint density at radius 1 is 1.11 bits per heavy atom.